The molecule has 0 spiro atoms. The molecule has 4 nitrogen and oxygen atoms in total. The van der Waals surface area contributed by atoms with Gasteiger partial charge in [-0.3, -0.25) is 0 Å². The monoisotopic (exact) mass is 316 g/mol. The minimum absolute atomic E-state index is 0.310. The Balaban J connectivity index is 2.83. The van der Waals surface area contributed by atoms with Crippen molar-refractivity contribution in [3.05, 3.63) is 28.8 Å². The lowest BCUT2D eigenvalue weighted by molar-refractivity contribution is 0.191. The molecule has 0 aliphatic carbocycles. The topological polar surface area (TPSA) is 47.7 Å². The van der Waals surface area contributed by atoms with E-state index in [1.165, 1.54) is 0 Å². The maximum Gasteiger partial charge on any atom is 0.105 e. The quantitative estimate of drug-likeness (QED) is 0.560. The van der Waals surface area contributed by atoms with Crippen molar-refractivity contribution >= 4 is 34.5 Å². The molecule has 6 heteroatoms. The normalized spacial score (nSPS) is 10.6. The van der Waals surface area contributed by atoms with E-state index in [1.807, 2.05) is 18.2 Å². The summed E-state index contributed by atoms with van der Waals surface area (Å²) in [5.74, 6) is 0. The highest BCUT2D eigenvalue weighted by atomic mass is 35.5. The first-order valence-corrected chi connectivity index (χ1v) is 7.21. The molecule has 0 unspecified atom stereocenters. The Morgan fingerprint density at radius 3 is 2.50 bits per heavy atom. The zero-order chi connectivity index (χ0) is 15.0. The molecule has 112 valence electrons. The van der Waals surface area contributed by atoms with E-state index in [0.717, 1.165) is 31.8 Å². The van der Waals surface area contributed by atoms with Crippen LogP contribution < -0.4 is 10.6 Å². The Morgan fingerprint density at radius 2 is 1.95 bits per heavy atom. The zero-order valence-corrected chi connectivity index (χ0v) is 13.5. The van der Waals surface area contributed by atoms with Crippen LogP contribution in [0, 0.1) is 0 Å². The van der Waals surface area contributed by atoms with Crippen LogP contribution in [0.1, 0.15) is 12.0 Å². The van der Waals surface area contributed by atoms with E-state index in [9.17, 15) is 0 Å². The summed E-state index contributed by atoms with van der Waals surface area (Å²) in [5, 5.41) is 0.573. The van der Waals surface area contributed by atoms with Crippen LogP contribution in [0.3, 0.4) is 0 Å². The Bertz CT molecular complexity index is 443. The summed E-state index contributed by atoms with van der Waals surface area (Å²) in [7, 11) is 3.39. The second kappa shape index (κ2) is 9.13. The van der Waals surface area contributed by atoms with Gasteiger partial charge >= 0.3 is 0 Å². The summed E-state index contributed by atoms with van der Waals surface area (Å²) in [4.78, 5) is 2.52. The predicted molar refractivity (Wildman–Crippen MR) is 87.9 cm³/mol. The van der Waals surface area contributed by atoms with Gasteiger partial charge in [-0.15, -0.1) is 0 Å². The first-order chi connectivity index (χ1) is 9.60. The fraction of sp³-hybridized carbons (Fsp3) is 0.500. The van der Waals surface area contributed by atoms with E-state index in [1.54, 1.807) is 14.2 Å². The number of thiocarbonyl (C=S) groups is 1. The molecule has 20 heavy (non-hydrogen) atoms. The van der Waals surface area contributed by atoms with Gasteiger partial charge in [-0.05, 0) is 24.6 Å². The van der Waals surface area contributed by atoms with E-state index in [2.05, 4.69) is 4.90 Å². The third-order valence-corrected chi connectivity index (χ3v) is 3.46. The standard InChI is InChI=1S/C14H21ClN2O2S/c1-18-8-3-6-17(7-9-19-2)11-4-5-12(14(16)20)13(15)10-11/h4-5,10H,3,6-9H2,1-2H3,(H2,16,20). The molecular weight excluding hydrogens is 296 g/mol. The third-order valence-electron chi connectivity index (χ3n) is 2.93. The van der Waals surface area contributed by atoms with Crippen LogP contribution in [0.15, 0.2) is 18.2 Å². The molecule has 0 bridgehead atoms. The lowest BCUT2D eigenvalue weighted by Gasteiger charge is -2.25. The summed E-state index contributed by atoms with van der Waals surface area (Å²) < 4.78 is 10.2. The Kier molecular flexibility index (Phi) is 7.84. The maximum atomic E-state index is 6.21. The van der Waals surface area contributed by atoms with Gasteiger partial charge in [0, 0.05) is 45.2 Å². The van der Waals surface area contributed by atoms with Crippen molar-refractivity contribution in [2.75, 3.05) is 45.4 Å². The Labute approximate surface area is 130 Å². The number of benzene rings is 1. The van der Waals surface area contributed by atoms with Gasteiger partial charge in [0.25, 0.3) is 0 Å². The molecule has 0 saturated heterocycles. The Morgan fingerprint density at radius 1 is 1.25 bits per heavy atom. The molecule has 0 saturated carbocycles. The highest BCUT2D eigenvalue weighted by molar-refractivity contribution is 7.80. The summed E-state index contributed by atoms with van der Waals surface area (Å²) in [5.41, 5.74) is 7.35. The summed E-state index contributed by atoms with van der Waals surface area (Å²) in [6.07, 6.45) is 0.939. The molecule has 0 aromatic heterocycles. The number of rotatable bonds is 9. The number of hydrogen-bond donors (Lipinski definition) is 1. The summed E-state index contributed by atoms with van der Waals surface area (Å²) in [6.45, 7) is 3.05. The number of nitrogens with zero attached hydrogens (tertiary/aromatic N) is 1. The van der Waals surface area contributed by atoms with Crippen LogP contribution in [0.4, 0.5) is 5.69 Å². The molecule has 1 aromatic carbocycles. The summed E-state index contributed by atoms with van der Waals surface area (Å²) >= 11 is 11.2. The molecule has 0 aliphatic heterocycles. The fourth-order valence-electron chi connectivity index (χ4n) is 1.87. The number of ether oxygens (including phenoxy) is 2. The lowest BCUT2D eigenvalue weighted by atomic mass is 10.2. The first-order valence-electron chi connectivity index (χ1n) is 6.42. The average molecular weight is 317 g/mol. The van der Waals surface area contributed by atoms with Crippen molar-refractivity contribution in [3.8, 4) is 0 Å². The molecular formula is C14H21ClN2O2S. The molecule has 0 aliphatic rings. The molecule has 2 N–H and O–H groups in total. The minimum atomic E-state index is 0.310. The number of hydrogen-bond acceptors (Lipinski definition) is 4. The SMILES string of the molecule is COCCCN(CCOC)c1ccc(C(N)=S)c(Cl)c1. The predicted octanol–water partition coefficient (Wildman–Crippen LogP) is 2.46. The number of nitrogens with two attached hydrogens (primary N) is 1. The molecule has 1 aromatic rings. The van der Waals surface area contributed by atoms with E-state index in [0.29, 0.717) is 22.2 Å². The van der Waals surface area contributed by atoms with Crippen molar-refractivity contribution in [3.63, 3.8) is 0 Å². The van der Waals surface area contributed by atoms with Crippen LogP contribution in [0.2, 0.25) is 5.02 Å². The third kappa shape index (κ3) is 5.25. The highest BCUT2D eigenvalue weighted by Crippen LogP contribution is 2.24. The highest BCUT2D eigenvalue weighted by Gasteiger charge is 2.10. The van der Waals surface area contributed by atoms with Gasteiger partial charge in [0.05, 0.1) is 11.6 Å². The van der Waals surface area contributed by atoms with Gasteiger partial charge in [0.2, 0.25) is 0 Å². The van der Waals surface area contributed by atoms with Gasteiger partial charge in [-0.1, -0.05) is 23.8 Å². The molecule has 0 fully saturated rings. The second-order valence-corrected chi connectivity index (χ2v) is 5.20. The number of anilines is 1. The van der Waals surface area contributed by atoms with Gasteiger partial charge in [0.1, 0.15) is 4.99 Å². The van der Waals surface area contributed by atoms with Crippen molar-refractivity contribution in [1.82, 2.24) is 0 Å². The van der Waals surface area contributed by atoms with Gasteiger partial charge in [-0.25, -0.2) is 0 Å². The van der Waals surface area contributed by atoms with E-state index >= 15 is 0 Å². The minimum Gasteiger partial charge on any atom is -0.389 e. The van der Waals surface area contributed by atoms with Crippen molar-refractivity contribution in [2.45, 2.75) is 6.42 Å². The molecule has 0 atom stereocenters. The van der Waals surface area contributed by atoms with Crippen LogP contribution in [-0.4, -0.2) is 45.5 Å². The van der Waals surface area contributed by atoms with Crippen LogP contribution in [-0.2, 0) is 9.47 Å². The molecule has 0 radical (unpaired) electrons. The zero-order valence-electron chi connectivity index (χ0n) is 11.9. The van der Waals surface area contributed by atoms with Gasteiger partial charge in [0.15, 0.2) is 0 Å². The summed E-state index contributed by atoms with van der Waals surface area (Å²) in [6, 6.07) is 5.72. The number of methoxy groups -OCH3 is 2. The smallest absolute Gasteiger partial charge is 0.105 e. The first kappa shape index (κ1) is 17.2. The van der Waals surface area contributed by atoms with E-state index in [-0.39, 0.29) is 0 Å². The van der Waals surface area contributed by atoms with Crippen LogP contribution in [0.5, 0.6) is 0 Å². The average Bonchev–Trinajstić information content (AvgIpc) is 2.42. The largest absolute Gasteiger partial charge is 0.389 e. The molecule has 0 amide bonds. The Hall–Kier alpha value is -0.880. The lowest BCUT2D eigenvalue weighted by Crippen LogP contribution is -2.29. The maximum absolute atomic E-state index is 6.21. The molecule has 0 heterocycles. The van der Waals surface area contributed by atoms with Gasteiger partial charge < -0.3 is 20.1 Å². The van der Waals surface area contributed by atoms with Crippen LogP contribution >= 0.6 is 23.8 Å². The fourth-order valence-corrected chi connectivity index (χ4v) is 2.38. The number of halogens is 1. The van der Waals surface area contributed by atoms with E-state index < -0.39 is 0 Å². The van der Waals surface area contributed by atoms with Crippen molar-refractivity contribution < 1.29 is 9.47 Å². The van der Waals surface area contributed by atoms with Gasteiger partial charge in [-0.2, -0.15) is 0 Å². The van der Waals surface area contributed by atoms with Crippen LogP contribution in [0.25, 0.3) is 0 Å². The van der Waals surface area contributed by atoms with Crippen molar-refractivity contribution in [2.24, 2.45) is 5.73 Å². The second-order valence-electron chi connectivity index (χ2n) is 4.35. The molecule has 1 rings (SSSR count). The van der Waals surface area contributed by atoms with Crippen molar-refractivity contribution in [1.29, 1.82) is 0 Å². The van der Waals surface area contributed by atoms with E-state index in [4.69, 9.17) is 39.0 Å².